The highest BCUT2D eigenvalue weighted by atomic mass is 35.5. The minimum Gasteiger partial charge on any atom is -0.207 e. The second kappa shape index (κ2) is 5.62. The van der Waals surface area contributed by atoms with Crippen molar-refractivity contribution in [1.29, 1.82) is 0 Å². The lowest BCUT2D eigenvalue weighted by Gasteiger charge is -2.33. The maximum Gasteiger partial charge on any atom is 0.243 e. The summed E-state index contributed by atoms with van der Waals surface area (Å²) in [7, 11) is -3.59. The van der Waals surface area contributed by atoms with E-state index in [1.54, 1.807) is 13.8 Å². The summed E-state index contributed by atoms with van der Waals surface area (Å²) < 4.78 is 40.3. The lowest BCUT2D eigenvalue weighted by Crippen LogP contribution is -2.43. The number of nitrogens with zero attached hydrogens (tertiary/aromatic N) is 1. The fourth-order valence-corrected chi connectivity index (χ4v) is 4.87. The van der Waals surface area contributed by atoms with E-state index >= 15 is 0 Å². The molecule has 6 heteroatoms. The van der Waals surface area contributed by atoms with Crippen molar-refractivity contribution in [2.24, 2.45) is 5.92 Å². The normalized spacial score (nSPS) is 24.9. The third kappa shape index (κ3) is 2.85. The van der Waals surface area contributed by atoms with Gasteiger partial charge in [-0.05, 0) is 49.4 Å². The fraction of sp³-hybridized carbons (Fsp3) is 0.571. The molecule has 112 valence electrons. The largest absolute Gasteiger partial charge is 0.243 e. The predicted molar refractivity (Wildman–Crippen MR) is 78.1 cm³/mol. The Hall–Kier alpha value is -0.650. The molecule has 20 heavy (non-hydrogen) atoms. The smallest absolute Gasteiger partial charge is 0.207 e. The lowest BCUT2D eigenvalue weighted by atomic mass is 10.0. The minimum atomic E-state index is -3.59. The number of piperidine rings is 1. The number of sulfonamides is 1. The Balaban J connectivity index is 2.41. The van der Waals surface area contributed by atoms with Crippen LogP contribution in [0.4, 0.5) is 4.39 Å². The van der Waals surface area contributed by atoms with Gasteiger partial charge in [0.05, 0.1) is 4.90 Å². The molecule has 0 saturated carbocycles. The molecule has 0 N–H and O–H groups in total. The molecule has 0 amide bonds. The zero-order valence-corrected chi connectivity index (χ0v) is 13.4. The van der Waals surface area contributed by atoms with Gasteiger partial charge in [-0.2, -0.15) is 4.31 Å². The van der Waals surface area contributed by atoms with Gasteiger partial charge in [-0.1, -0.05) is 6.92 Å². The van der Waals surface area contributed by atoms with Crippen LogP contribution in [0.2, 0.25) is 0 Å². The average Bonchev–Trinajstić information content (AvgIpc) is 2.30. The lowest BCUT2D eigenvalue weighted by molar-refractivity contribution is 0.286. The van der Waals surface area contributed by atoms with Gasteiger partial charge >= 0.3 is 0 Å². The zero-order chi connectivity index (χ0) is 15.1. The molecule has 0 aliphatic carbocycles. The van der Waals surface area contributed by atoms with Crippen LogP contribution in [-0.4, -0.2) is 31.2 Å². The first-order chi connectivity index (χ1) is 9.23. The topological polar surface area (TPSA) is 37.4 Å². The maximum atomic E-state index is 13.3. The van der Waals surface area contributed by atoms with Crippen molar-refractivity contribution in [3.63, 3.8) is 0 Å². The summed E-state index contributed by atoms with van der Waals surface area (Å²) in [5.74, 6) is -0.298. The second-order valence-electron chi connectivity index (χ2n) is 5.51. The number of alkyl halides is 1. The highest BCUT2D eigenvalue weighted by Gasteiger charge is 2.34. The average molecular weight is 320 g/mol. The molecule has 0 spiro atoms. The van der Waals surface area contributed by atoms with Crippen LogP contribution >= 0.6 is 11.6 Å². The number of benzene rings is 1. The maximum absolute atomic E-state index is 13.3. The monoisotopic (exact) mass is 319 g/mol. The van der Waals surface area contributed by atoms with E-state index in [9.17, 15) is 12.8 Å². The van der Waals surface area contributed by atoms with E-state index in [1.807, 2.05) is 6.92 Å². The van der Waals surface area contributed by atoms with Crippen molar-refractivity contribution < 1.29 is 12.8 Å². The van der Waals surface area contributed by atoms with Gasteiger partial charge in [-0.25, -0.2) is 12.8 Å². The number of rotatable bonds is 2. The van der Waals surface area contributed by atoms with Gasteiger partial charge in [0, 0.05) is 18.5 Å². The molecule has 1 aliphatic rings. The van der Waals surface area contributed by atoms with Gasteiger partial charge in [0.1, 0.15) is 5.82 Å². The fourth-order valence-electron chi connectivity index (χ4n) is 2.73. The summed E-state index contributed by atoms with van der Waals surface area (Å²) in [6.07, 6.45) is 0.640. The molecule has 1 heterocycles. The first kappa shape index (κ1) is 15.7. The van der Waals surface area contributed by atoms with Gasteiger partial charge < -0.3 is 0 Å². The first-order valence-electron chi connectivity index (χ1n) is 6.64. The van der Waals surface area contributed by atoms with Gasteiger partial charge in [0.25, 0.3) is 0 Å². The van der Waals surface area contributed by atoms with Crippen molar-refractivity contribution in [3.8, 4) is 0 Å². The summed E-state index contributed by atoms with van der Waals surface area (Å²) in [5, 5.41) is 0.0110. The van der Waals surface area contributed by atoms with Crippen LogP contribution in [0.3, 0.4) is 0 Å². The van der Waals surface area contributed by atoms with Gasteiger partial charge in [-0.3, -0.25) is 0 Å². The first-order valence-corrected chi connectivity index (χ1v) is 8.52. The van der Waals surface area contributed by atoms with Crippen LogP contribution in [-0.2, 0) is 10.0 Å². The second-order valence-corrected chi connectivity index (χ2v) is 7.95. The Morgan fingerprint density at radius 1 is 1.30 bits per heavy atom. The number of halogens is 2. The van der Waals surface area contributed by atoms with Gasteiger partial charge in [0.15, 0.2) is 0 Å². The molecule has 2 unspecified atom stereocenters. The Labute approximate surface area is 124 Å². The van der Waals surface area contributed by atoms with Crippen molar-refractivity contribution >= 4 is 21.6 Å². The number of hydrogen-bond acceptors (Lipinski definition) is 2. The molecule has 2 atom stereocenters. The Morgan fingerprint density at radius 3 is 2.35 bits per heavy atom. The Morgan fingerprint density at radius 2 is 1.85 bits per heavy atom. The van der Waals surface area contributed by atoms with Crippen molar-refractivity contribution in [2.45, 2.75) is 37.5 Å². The van der Waals surface area contributed by atoms with E-state index in [-0.39, 0.29) is 16.2 Å². The molecule has 2 rings (SSSR count). The van der Waals surface area contributed by atoms with E-state index in [2.05, 4.69) is 0 Å². The van der Waals surface area contributed by atoms with Crippen LogP contribution in [0.15, 0.2) is 17.0 Å². The number of hydrogen-bond donors (Lipinski definition) is 0. The van der Waals surface area contributed by atoms with Crippen LogP contribution in [0.5, 0.6) is 0 Å². The summed E-state index contributed by atoms with van der Waals surface area (Å²) in [4.78, 5) is 0.221. The zero-order valence-electron chi connectivity index (χ0n) is 11.9. The quantitative estimate of drug-likeness (QED) is 0.786. The van der Waals surface area contributed by atoms with E-state index in [4.69, 9.17) is 11.6 Å². The summed E-state index contributed by atoms with van der Waals surface area (Å²) in [6, 6.07) is 2.52. The predicted octanol–water partition coefficient (Wildman–Crippen LogP) is 3.08. The summed E-state index contributed by atoms with van der Waals surface area (Å²) >= 11 is 6.14. The van der Waals surface area contributed by atoms with E-state index in [0.717, 1.165) is 0 Å². The summed E-state index contributed by atoms with van der Waals surface area (Å²) in [5.41, 5.74) is 0.895. The van der Waals surface area contributed by atoms with Crippen molar-refractivity contribution in [3.05, 3.63) is 29.1 Å². The molecular formula is C14H19ClFNO2S. The Bertz CT molecular complexity index is 595. The highest BCUT2D eigenvalue weighted by molar-refractivity contribution is 7.89. The molecule has 1 fully saturated rings. The third-order valence-electron chi connectivity index (χ3n) is 3.79. The van der Waals surface area contributed by atoms with E-state index in [1.165, 1.54) is 16.4 Å². The minimum absolute atomic E-state index is 0.0110. The van der Waals surface area contributed by atoms with E-state index in [0.29, 0.717) is 30.6 Å². The SMILES string of the molecule is Cc1cc(F)cc(C)c1S(=O)(=O)N1CCC(Cl)C(C)C1. The van der Waals surface area contributed by atoms with Crippen molar-refractivity contribution in [1.82, 2.24) is 4.31 Å². The summed E-state index contributed by atoms with van der Waals surface area (Å²) in [6.45, 7) is 6.02. The molecule has 1 aromatic carbocycles. The van der Waals surface area contributed by atoms with Gasteiger partial charge in [0.2, 0.25) is 10.0 Å². The van der Waals surface area contributed by atoms with Crippen LogP contribution in [0, 0.1) is 25.6 Å². The molecule has 1 aliphatic heterocycles. The van der Waals surface area contributed by atoms with Gasteiger partial charge in [-0.15, -0.1) is 11.6 Å². The molecule has 1 saturated heterocycles. The van der Waals surface area contributed by atoms with Crippen LogP contribution in [0.1, 0.15) is 24.5 Å². The molecular weight excluding hydrogens is 301 g/mol. The highest BCUT2D eigenvalue weighted by Crippen LogP contribution is 2.30. The standard InChI is InChI=1S/C14H19ClFNO2S/c1-9-6-12(16)7-10(2)14(9)20(18,19)17-5-4-13(15)11(3)8-17/h6-7,11,13H,4-5,8H2,1-3H3. The van der Waals surface area contributed by atoms with Crippen molar-refractivity contribution in [2.75, 3.05) is 13.1 Å². The number of aryl methyl sites for hydroxylation is 2. The molecule has 1 aromatic rings. The molecule has 3 nitrogen and oxygen atoms in total. The van der Waals surface area contributed by atoms with Crippen LogP contribution < -0.4 is 0 Å². The molecule has 0 bridgehead atoms. The molecule has 0 radical (unpaired) electrons. The Kier molecular flexibility index (Phi) is 4.42. The third-order valence-corrected chi connectivity index (χ3v) is 6.61. The van der Waals surface area contributed by atoms with Crippen LogP contribution in [0.25, 0.3) is 0 Å². The molecule has 0 aromatic heterocycles. The van der Waals surface area contributed by atoms with E-state index < -0.39 is 15.8 Å².